The number of ether oxygens (including phenoxy) is 1. The summed E-state index contributed by atoms with van der Waals surface area (Å²) in [4.78, 5) is 27.6. The van der Waals surface area contributed by atoms with Crippen LogP contribution in [0.3, 0.4) is 0 Å². The van der Waals surface area contributed by atoms with E-state index in [1.807, 2.05) is 11.0 Å². The van der Waals surface area contributed by atoms with Gasteiger partial charge in [0, 0.05) is 45.2 Å². The lowest BCUT2D eigenvalue weighted by Crippen LogP contribution is -2.52. The molecule has 0 radical (unpaired) electrons. The molecule has 0 bridgehead atoms. The minimum atomic E-state index is -0.738. The number of benzene rings is 1. The summed E-state index contributed by atoms with van der Waals surface area (Å²) in [5.74, 6) is -0.107. The number of amides is 2. The third-order valence-electron chi connectivity index (χ3n) is 4.89. The van der Waals surface area contributed by atoms with E-state index in [1.54, 1.807) is 31.2 Å². The molecule has 0 spiro atoms. The van der Waals surface area contributed by atoms with Gasteiger partial charge < -0.3 is 20.1 Å². The number of nitrogens with zero attached hydrogens (tertiary/aromatic N) is 2. The third-order valence-corrected chi connectivity index (χ3v) is 4.89. The number of hydrogen-bond donors (Lipinski definition) is 2. The van der Waals surface area contributed by atoms with Crippen LogP contribution in [-0.4, -0.2) is 84.3 Å². The molecule has 2 N–H and O–H groups in total. The molecule has 0 saturated carbocycles. The number of piperazine rings is 1. The van der Waals surface area contributed by atoms with Crippen molar-refractivity contribution in [3.63, 3.8) is 0 Å². The fraction of sp³-hybridized carbons (Fsp3) is 0.556. The van der Waals surface area contributed by atoms with Crippen molar-refractivity contribution in [2.75, 3.05) is 39.3 Å². The van der Waals surface area contributed by atoms with Crippen LogP contribution in [0.25, 0.3) is 0 Å². The van der Waals surface area contributed by atoms with E-state index in [2.05, 4.69) is 10.2 Å². The Labute approximate surface area is 147 Å². The van der Waals surface area contributed by atoms with Crippen LogP contribution in [0.1, 0.15) is 17.3 Å². The Morgan fingerprint density at radius 1 is 1.20 bits per heavy atom. The normalized spacial score (nSPS) is 27.3. The second-order valence-corrected chi connectivity index (χ2v) is 6.62. The third kappa shape index (κ3) is 4.36. The number of aliphatic hydroxyl groups is 1. The molecule has 2 saturated heterocycles. The van der Waals surface area contributed by atoms with Crippen molar-refractivity contribution in [3.05, 3.63) is 35.9 Å². The van der Waals surface area contributed by atoms with E-state index in [0.29, 0.717) is 31.8 Å². The number of aliphatic hydroxyl groups excluding tert-OH is 1. The molecule has 0 aromatic heterocycles. The van der Waals surface area contributed by atoms with Crippen LogP contribution in [0, 0.1) is 0 Å². The van der Waals surface area contributed by atoms with Crippen molar-refractivity contribution in [2.24, 2.45) is 0 Å². The monoisotopic (exact) mass is 347 g/mol. The van der Waals surface area contributed by atoms with Crippen LogP contribution in [0.2, 0.25) is 0 Å². The predicted octanol–water partition coefficient (Wildman–Crippen LogP) is -0.291. The zero-order chi connectivity index (χ0) is 17.8. The summed E-state index contributed by atoms with van der Waals surface area (Å²) in [6.07, 6.45) is -1.07. The van der Waals surface area contributed by atoms with Crippen LogP contribution in [0.4, 0.5) is 0 Å². The molecule has 7 heteroatoms. The van der Waals surface area contributed by atoms with Crippen LogP contribution in [0.5, 0.6) is 0 Å². The van der Waals surface area contributed by atoms with Crippen molar-refractivity contribution in [2.45, 2.75) is 25.2 Å². The topological polar surface area (TPSA) is 82.1 Å². The second-order valence-electron chi connectivity index (χ2n) is 6.62. The molecular weight excluding hydrogens is 322 g/mol. The summed E-state index contributed by atoms with van der Waals surface area (Å²) >= 11 is 0. The van der Waals surface area contributed by atoms with Crippen LogP contribution < -0.4 is 5.32 Å². The number of hydrogen-bond acceptors (Lipinski definition) is 5. The van der Waals surface area contributed by atoms with E-state index >= 15 is 0 Å². The molecule has 0 unspecified atom stereocenters. The maximum atomic E-state index is 12.2. The van der Waals surface area contributed by atoms with Gasteiger partial charge in [0.25, 0.3) is 5.91 Å². The first kappa shape index (κ1) is 17.8. The number of carbonyl (C=O) groups is 2. The highest BCUT2D eigenvalue weighted by Gasteiger charge is 2.38. The smallest absolute Gasteiger partial charge is 0.251 e. The Morgan fingerprint density at radius 3 is 2.52 bits per heavy atom. The molecule has 1 aromatic rings. The van der Waals surface area contributed by atoms with Gasteiger partial charge in [0.1, 0.15) is 6.10 Å². The largest absolute Gasteiger partial charge is 0.388 e. The number of nitrogens with one attached hydrogen (secondary N) is 1. The van der Waals surface area contributed by atoms with Gasteiger partial charge in [0.15, 0.2) is 0 Å². The Morgan fingerprint density at radius 2 is 1.88 bits per heavy atom. The molecule has 2 fully saturated rings. The minimum Gasteiger partial charge on any atom is -0.388 e. The summed E-state index contributed by atoms with van der Waals surface area (Å²) in [5, 5.41) is 13.3. The van der Waals surface area contributed by atoms with Gasteiger partial charge in [0.05, 0.1) is 18.8 Å². The van der Waals surface area contributed by atoms with Crippen LogP contribution >= 0.6 is 0 Å². The highest BCUT2D eigenvalue weighted by molar-refractivity contribution is 5.94. The van der Waals surface area contributed by atoms with Gasteiger partial charge in [0.2, 0.25) is 5.91 Å². The fourth-order valence-electron chi connectivity index (χ4n) is 3.31. The van der Waals surface area contributed by atoms with Crippen LogP contribution in [0.15, 0.2) is 30.3 Å². The maximum absolute atomic E-state index is 12.2. The molecule has 3 rings (SSSR count). The van der Waals surface area contributed by atoms with Crippen molar-refractivity contribution in [1.29, 1.82) is 0 Å². The first-order valence-electron chi connectivity index (χ1n) is 8.68. The molecule has 2 aliphatic rings. The van der Waals surface area contributed by atoms with E-state index in [-0.39, 0.29) is 17.9 Å². The standard InChI is InChI=1S/C18H25N3O4/c1-13(22)21-9-7-20(8-10-21)11-16-17(23)15(12-25-16)19-18(24)14-5-3-2-4-6-14/h2-6,15-17,23H,7-12H2,1H3,(H,19,24)/t15-,16-,17+/m0/s1. The summed E-state index contributed by atoms with van der Waals surface area (Å²) in [7, 11) is 0. The Kier molecular flexibility index (Phi) is 5.67. The SMILES string of the molecule is CC(=O)N1CCN(C[C@@H]2OC[C@H](NC(=O)c3ccccc3)[C@H]2O)CC1. The summed E-state index contributed by atoms with van der Waals surface area (Å²) in [5.41, 5.74) is 0.568. The highest BCUT2D eigenvalue weighted by Crippen LogP contribution is 2.17. The molecule has 2 amide bonds. The number of rotatable bonds is 4. The lowest BCUT2D eigenvalue weighted by molar-refractivity contribution is -0.130. The van der Waals surface area contributed by atoms with Crippen molar-refractivity contribution < 1.29 is 19.4 Å². The Hall–Kier alpha value is -1.96. The van der Waals surface area contributed by atoms with Gasteiger partial charge >= 0.3 is 0 Å². The molecular formula is C18H25N3O4. The quantitative estimate of drug-likeness (QED) is 0.782. The van der Waals surface area contributed by atoms with E-state index in [0.717, 1.165) is 13.1 Å². The summed E-state index contributed by atoms with van der Waals surface area (Å²) in [6.45, 7) is 5.43. The van der Waals surface area contributed by atoms with Gasteiger partial charge in [-0.3, -0.25) is 14.5 Å². The lowest BCUT2D eigenvalue weighted by atomic mass is 10.1. The molecule has 2 heterocycles. The van der Waals surface area contributed by atoms with Gasteiger partial charge in [-0.1, -0.05) is 18.2 Å². The second kappa shape index (κ2) is 7.95. The predicted molar refractivity (Wildman–Crippen MR) is 92.1 cm³/mol. The maximum Gasteiger partial charge on any atom is 0.251 e. The van der Waals surface area contributed by atoms with Gasteiger partial charge in [-0.15, -0.1) is 0 Å². The Bertz CT molecular complexity index is 602. The van der Waals surface area contributed by atoms with Crippen molar-refractivity contribution >= 4 is 11.8 Å². The fourth-order valence-corrected chi connectivity index (χ4v) is 3.31. The van der Waals surface area contributed by atoms with Crippen molar-refractivity contribution in [3.8, 4) is 0 Å². The minimum absolute atomic E-state index is 0.0977. The zero-order valence-electron chi connectivity index (χ0n) is 14.4. The van der Waals surface area contributed by atoms with Gasteiger partial charge in [-0.25, -0.2) is 0 Å². The lowest BCUT2D eigenvalue weighted by Gasteiger charge is -2.35. The summed E-state index contributed by atoms with van der Waals surface area (Å²) < 4.78 is 5.70. The Balaban J connectivity index is 1.48. The molecule has 7 nitrogen and oxygen atoms in total. The molecule has 1 aromatic carbocycles. The van der Waals surface area contributed by atoms with Crippen LogP contribution in [-0.2, 0) is 9.53 Å². The van der Waals surface area contributed by atoms with Gasteiger partial charge in [-0.2, -0.15) is 0 Å². The first-order valence-corrected chi connectivity index (χ1v) is 8.68. The molecule has 2 aliphatic heterocycles. The summed E-state index contributed by atoms with van der Waals surface area (Å²) in [6, 6.07) is 8.54. The van der Waals surface area contributed by atoms with E-state index < -0.39 is 12.1 Å². The van der Waals surface area contributed by atoms with Crippen molar-refractivity contribution in [1.82, 2.24) is 15.1 Å². The molecule has 25 heavy (non-hydrogen) atoms. The molecule has 3 atom stereocenters. The van der Waals surface area contributed by atoms with E-state index in [1.165, 1.54) is 0 Å². The first-order chi connectivity index (χ1) is 12.0. The molecule has 0 aliphatic carbocycles. The van der Waals surface area contributed by atoms with E-state index in [4.69, 9.17) is 4.74 Å². The highest BCUT2D eigenvalue weighted by atomic mass is 16.5. The average molecular weight is 347 g/mol. The average Bonchev–Trinajstić information content (AvgIpc) is 2.96. The zero-order valence-corrected chi connectivity index (χ0v) is 14.4. The van der Waals surface area contributed by atoms with Gasteiger partial charge in [-0.05, 0) is 12.1 Å². The number of carbonyl (C=O) groups excluding carboxylic acids is 2. The molecule has 136 valence electrons. The van der Waals surface area contributed by atoms with E-state index in [9.17, 15) is 14.7 Å².